The maximum absolute atomic E-state index is 12.7. The van der Waals surface area contributed by atoms with Gasteiger partial charge in [-0.15, -0.1) is 0 Å². The normalized spacial score (nSPS) is 15.3. The van der Waals surface area contributed by atoms with Crippen LogP contribution in [-0.2, 0) is 10.0 Å². The van der Waals surface area contributed by atoms with Gasteiger partial charge in [0.05, 0.1) is 4.90 Å². The van der Waals surface area contributed by atoms with Crippen molar-refractivity contribution >= 4 is 32.5 Å². The molecule has 1 aliphatic heterocycles. The van der Waals surface area contributed by atoms with Crippen molar-refractivity contribution in [2.75, 3.05) is 18.4 Å². The highest BCUT2D eigenvalue weighted by Crippen LogP contribution is 2.22. The molecular formula is C21H21N3O4S. The van der Waals surface area contributed by atoms with Crippen LogP contribution < -0.4 is 10.7 Å². The molecule has 3 aromatic rings. The Morgan fingerprint density at radius 2 is 1.66 bits per heavy atom. The number of sulfonamides is 1. The van der Waals surface area contributed by atoms with E-state index in [0.717, 1.165) is 19.3 Å². The highest BCUT2D eigenvalue weighted by atomic mass is 32.2. The fourth-order valence-corrected chi connectivity index (χ4v) is 5.02. The van der Waals surface area contributed by atoms with Gasteiger partial charge >= 0.3 is 0 Å². The van der Waals surface area contributed by atoms with E-state index < -0.39 is 15.9 Å². The van der Waals surface area contributed by atoms with E-state index in [-0.39, 0.29) is 15.9 Å². The number of fused-ring (bicyclic) bond motifs is 1. The first-order valence-corrected chi connectivity index (χ1v) is 10.9. The molecule has 0 bridgehead atoms. The molecule has 0 aliphatic carbocycles. The second-order valence-electron chi connectivity index (χ2n) is 7.02. The summed E-state index contributed by atoms with van der Waals surface area (Å²) in [4.78, 5) is 28.2. The molecule has 0 radical (unpaired) electrons. The van der Waals surface area contributed by atoms with Crippen LogP contribution in [0.1, 0.15) is 29.6 Å². The van der Waals surface area contributed by atoms with Crippen LogP contribution >= 0.6 is 0 Å². The van der Waals surface area contributed by atoms with Gasteiger partial charge in [-0.3, -0.25) is 9.59 Å². The lowest BCUT2D eigenvalue weighted by Crippen LogP contribution is -2.35. The van der Waals surface area contributed by atoms with Gasteiger partial charge in [-0.1, -0.05) is 18.6 Å². The van der Waals surface area contributed by atoms with Gasteiger partial charge in [0.15, 0.2) is 0 Å². The Kier molecular flexibility index (Phi) is 5.21. The monoisotopic (exact) mass is 411 g/mol. The number of piperidine rings is 1. The highest BCUT2D eigenvalue weighted by Gasteiger charge is 2.25. The van der Waals surface area contributed by atoms with Gasteiger partial charge in [0, 0.05) is 35.9 Å². The maximum atomic E-state index is 12.7. The first-order valence-electron chi connectivity index (χ1n) is 9.49. The number of carbonyl (C=O) groups is 1. The molecule has 2 N–H and O–H groups in total. The third kappa shape index (κ3) is 3.81. The van der Waals surface area contributed by atoms with E-state index in [1.54, 1.807) is 24.3 Å². The minimum atomic E-state index is -3.52. The molecule has 150 valence electrons. The third-order valence-electron chi connectivity index (χ3n) is 5.10. The van der Waals surface area contributed by atoms with E-state index in [2.05, 4.69) is 10.3 Å². The largest absolute Gasteiger partial charge is 0.360 e. The van der Waals surface area contributed by atoms with Crippen LogP contribution in [0.5, 0.6) is 0 Å². The number of hydrogen-bond acceptors (Lipinski definition) is 4. The molecule has 4 rings (SSSR count). The number of para-hydroxylation sites is 1. The number of aromatic nitrogens is 1. The Balaban J connectivity index is 1.54. The van der Waals surface area contributed by atoms with Crippen molar-refractivity contribution in [1.82, 2.24) is 9.29 Å². The van der Waals surface area contributed by atoms with Gasteiger partial charge in [0.25, 0.3) is 5.91 Å². The molecule has 1 aromatic heterocycles. The lowest BCUT2D eigenvalue weighted by atomic mass is 10.1. The number of nitrogens with one attached hydrogen (secondary N) is 2. The zero-order valence-corrected chi connectivity index (χ0v) is 16.5. The van der Waals surface area contributed by atoms with E-state index in [4.69, 9.17) is 0 Å². The minimum Gasteiger partial charge on any atom is -0.360 e. The second kappa shape index (κ2) is 7.81. The average Bonchev–Trinajstić information content (AvgIpc) is 2.75. The summed E-state index contributed by atoms with van der Waals surface area (Å²) in [6.07, 6.45) is 4.17. The summed E-state index contributed by atoms with van der Waals surface area (Å²) in [6.45, 7) is 1.07. The Morgan fingerprint density at radius 3 is 2.38 bits per heavy atom. The van der Waals surface area contributed by atoms with Gasteiger partial charge in [0.1, 0.15) is 5.56 Å². The smallest absolute Gasteiger partial charge is 0.261 e. The number of H-pyrrole nitrogens is 1. The summed E-state index contributed by atoms with van der Waals surface area (Å²) in [7, 11) is -3.52. The summed E-state index contributed by atoms with van der Waals surface area (Å²) in [5.74, 6) is -0.552. The second-order valence-corrected chi connectivity index (χ2v) is 8.96. The number of aromatic amines is 1. The van der Waals surface area contributed by atoms with Gasteiger partial charge in [-0.2, -0.15) is 4.31 Å². The zero-order valence-electron chi connectivity index (χ0n) is 15.7. The summed E-state index contributed by atoms with van der Waals surface area (Å²) < 4.78 is 26.9. The zero-order chi connectivity index (χ0) is 20.4. The van der Waals surface area contributed by atoms with Crippen molar-refractivity contribution in [3.63, 3.8) is 0 Å². The number of amides is 1. The quantitative estimate of drug-likeness (QED) is 0.689. The van der Waals surface area contributed by atoms with Crippen LogP contribution in [0.15, 0.2) is 64.4 Å². The number of pyridine rings is 1. The SMILES string of the molecule is O=C(Nc1ccc(S(=O)(=O)N2CCCCC2)cc1)c1c[nH]c2ccccc2c1=O. The predicted molar refractivity (Wildman–Crippen MR) is 112 cm³/mol. The van der Waals surface area contributed by atoms with Crippen LogP contribution in [0.3, 0.4) is 0 Å². The lowest BCUT2D eigenvalue weighted by Gasteiger charge is -2.25. The van der Waals surface area contributed by atoms with Crippen LogP contribution in [0.25, 0.3) is 10.9 Å². The average molecular weight is 411 g/mol. The number of rotatable bonds is 4. The number of benzene rings is 2. The fourth-order valence-electron chi connectivity index (χ4n) is 3.50. The Bertz CT molecular complexity index is 1210. The molecule has 2 heterocycles. The summed E-state index contributed by atoms with van der Waals surface area (Å²) in [5, 5.41) is 3.09. The van der Waals surface area contributed by atoms with Crippen molar-refractivity contribution in [2.45, 2.75) is 24.2 Å². The number of nitrogens with zero attached hydrogens (tertiary/aromatic N) is 1. The molecular weight excluding hydrogens is 390 g/mol. The molecule has 0 unspecified atom stereocenters. The van der Waals surface area contributed by atoms with Gasteiger partial charge in [-0.25, -0.2) is 8.42 Å². The van der Waals surface area contributed by atoms with Crippen LogP contribution in [0.4, 0.5) is 5.69 Å². The molecule has 0 atom stereocenters. The highest BCUT2D eigenvalue weighted by molar-refractivity contribution is 7.89. The Morgan fingerprint density at radius 1 is 0.966 bits per heavy atom. The van der Waals surface area contributed by atoms with E-state index in [1.807, 2.05) is 0 Å². The van der Waals surface area contributed by atoms with E-state index in [1.165, 1.54) is 34.8 Å². The topological polar surface area (TPSA) is 99.3 Å². The first-order chi connectivity index (χ1) is 14.0. The van der Waals surface area contributed by atoms with Crippen molar-refractivity contribution in [3.05, 3.63) is 70.5 Å². The van der Waals surface area contributed by atoms with Crippen LogP contribution in [0, 0.1) is 0 Å². The summed E-state index contributed by atoms with van der Waals surface area (Å²) >= 11 is 0. The molecule has 7 nitrogen and oxygen atoms in total. The first kappa shape index (κ1) is 19.4. The molecule has 1 aliphatic rings. The summed E-state index contributed by atoms with van der Waals surface area (Å²) in [6, 6.07) is 13.0. The number of carbonyl (C=O) groups excluding carboxylic acids is 1. The molecule has 0 saturated carbocycles. The molecule has 1 fully saturated rings. The number of anilines is 1. The van der Waals surface area contributed by atoms with E-state index in [9.17, 15) is 18.0 Å². The van der Waals surface area contributed by atoms with Crippen LogP contribution in [-0.4, -0.2) is 36.7 Å². The molecule has 29 heavy (non-hydrogen) atoms. The van der Waals surface area contributed by atoms with Gasteiger partial charge in [0.2, 0.25) is 15.5 Å². The molecule has 2 aromatic carbocycles. The Hall–Kier alpha value is -2.97. The standard InChI is InChI=1S/C21H21N3O4S/c25-20-17-6-2-3-7-19(17)22-14-18(20)21(26)23-15-8-10-16(11-9-15)29(27,28)24-12-4-1-5-13-24/h2-3,6-11,14H,1,4-5,12-13H2,(H,22,25)(H,23,26). The van der Waals surface area contributed by atoms with Crippen LogP contribution in [0.2, 0.25) is 0 Å². The van der Waals surface area contributed by atoms with E-state index in [0.29, 0.717) is 29.7 Å². The van der Waals surface area contributed by atoms with Crippen molar-refractivity contribution in [2.24, 2.45) is 0 Å². The molecule has 8 heteroatoms. The fraction of sp³-hybridized carbons (Fsp3) is 0.238. The number of hydrogen-bond donors (Lipinski definition) is 2. The third-order valence-corrected chi connectivity index (χ3v) is 7.01. The minimum absolute atomic E-state index is 0.00582. The predicted octanol–water partition coefficient (Wildman–Crippen LogP) is 2.96. The molecule has 1 amide bonds. The van der Waals surface area contributed by atoms with Crippen molar-refractivity contribution in [1.29, 1.82) is 0 Å². The molecule has 1 saturated heterocycles. The van der Waals surface area contributed by atoms with Gasteiger partial charge in [-0.05, 0) is 49.2 Å². The van der Waals surface area contributed by atoms with E-state index >= 15 is 0 Å². The lowest BCUT2D eigenvalue weighted by molar-refractivity contribution is 0.102. The summed E-state index contributed by atoms with van der Waals surface area (Å²) in [5.41, 5.74) is 0.705. The molecule has 0 spiro atoms. The van der Waals surface area contributed by atoms with Gasteiger partial charge < -0.3 is 10.3 Å². The van der Waals surface area contributed by atoms with Crippen molar-refractivity contribution < 1.29 is 13.2 Å². The maximum Gasteiger partial charge on any atom is 0.261 e. The van der Waals surface area contributed by atoms with Crippen molar-refractivity contribution in [3.8, 4) is 0 Å². The Labute approximate surface area is 168 Å².